The van der Waals surface area contributed by atoms with Crippen molar-refractivity contribution in [2.24, 2.45) is 5.92 Å². The van der Waals surface area contributed by atoms with E-state index in [0.717, 1.165) is 10.0 Å². The third-order valence-electron chi connectivity index (χ3n) is 2.11. The Hall–Kier alpha value is -0.900. The van der Waals surface area contributed by atoms with Crippen molar-refractivity contribution < 1.29 is 4.79 Å². The zero-order chi connectivity index (χ0) is 11.4. The number of nitrogens with one attached hydrogen (secondary N) is 1. The first kappa shape index (κ1) is 12.2. The van der Waals surface area contributed by atoms with Crippen molar-refractivity contribution >= 4 is 21.8 Å². The lowest BCUT2D eigenvalue weighted by atomic mass is 10.1. The highest BCUT2D eigenvalue weighted by atomic mass is 79.9. The van der Waals surface area contributed by atoms with E-state index in [0.29, 0.717) is 0 Å². The lowest BCUT2D eigenvalue weighted by Crippen LogP contribution is -2.30. The Morgan fingerprint density at radius 2 is 2.07 bits per heavy atom. The van der Waals surface area contributed by atoms with Crippen LogP contribution in [0, 0.1) is 5.92 Å². The molecule has 1 atom stereocenters. The summed E-state index contributed by atoms with van der Waals surface area (Å²) in [4.78, 5) is 15.5. The smallest absolute Gasteiger partial charge is 0.223 e. The molecule has 0 saturated heterocycles. The van der Waals surface area contributed by atoms with Crippen molar-refractivity contribution in [1.82, 2.24) is 10.3 Å². The van der Waals surface area contributed by atoms with Crippen LogP contribution in [-0.2, 0) is 4.79 Å². The SMILES string of the molecule is CC(C)C(=O)NC(C)c1cncc(Br)c1. The molecule has 0 aliphatic heterocycles. The minimum atomic E-state index is -0.00935. The van der Waals surface area contributed by atoms with E-state index in [2.05, 4.69) is 26.2 Å². The molecule has 0 aromatic carbocycles. The van der Waals surface area contributed by atoms with Gasteiger partial charge in [-0.1, -0.05) is 13.8 Å². The van der Waals surface area contributed by atoms with Crippen molar-refractivity contribution in [1.29, 1.82) is 0 Å². The molecule has 1 rings (SSSR count). The topological polar surface area (TPSA) is 42.0 Å². The van der Waals surface area contributed by atoms with Gasteiger partial charge in [0.2, 0.25) is 5.91 Å². The molecule has 0 radical (unpaired) electrons. The number of halogens is 1. The first-order valence-electron chi connectivity index (χ1n) is 4.91. The van der Waals surface area contributed by atoms with Crippen LogP contribution in [0.1, 0.15) is 32.4 Å². The summed E-state index contributed by atoms with van der Waals surface area (Å²) in [5, 5.41) is 2.92. The summed E-state index contributed by atoms with van der Waals surface area (Å²) in [6, 6.07) is 1.95. The quantitative estimate of drug-likeness (QED) is 0.918. The molecule has 1 unspecified atom stereocenters. The van der Waals surface area contributed by atoms with E-state index >= 15 is 0 Å². The van der Waals surface area contributed by atoms with Gasteiger partial charge >= 0.3 is 0 Å². The van der Waals surface area contributed by atoms with Crippen LogP contribution in [0.4, 0.5) is 0 Å². The molecular weight excluding hydrogens is 256 g/mol. The molecule has 3 nitrogen and oxygen atoms in total. The average Bonchev–Trinajstić information content (AvgIpc) is 2.17. The number of carbonyl (C=O) groups is 1. The predicted octanol–water partition coefficient (Wildman–Crippen LogP) is 2.68. The molecule has 82 valence electrons. The Bertz CT molecular complexity index is 352. The fourth-order valence-corrected chi connectivity index (χ4v) is 1.51. The summed E-state index contributed by atoms with van der Waals surface area (Å²) < 4.78 is 0.922. The monoisotopic (exact) mass is 270 g/mol. The van der Waals surface area contributed by atoms with Crippen LogP contribution in [0.15, 0.2) is 22.9 Å². The van der Waals surface area contributed by atoms with Gasteiger partial charge in [0.05, 0.1) is 6.04 Å². The van der Waals surface area contributed by atoms with Crippen molar-refractivity contribution in [3.05, 3.63) is 28.5 Å². The Labute approximate surface area is 98.4 Å². The lowest BCUT2D eigenvalue weighted by Gasteiger charge is -2.15. The maximum atomic E-state index is 11.5. The summed E-state index contributed by atoms with van der Waals surface area (Å²) in [5.41, 5.74) is 0.998. The van der Waals surface area contributed by atoms with Gasteiger partial charge < -0.3 is 5.32 Å². The number of hydrogen-bond donors (Lipinski definition) is 1. The van der Waals surface area contributed by atoms with Crippen molar-refractivity contribution in [3.8, 4) is 0 Å². The van der Waals surface area contributed by atoms with Gasteiger partial charge in [-0.3, -0.25) is 9.78 Å². The number of amides is 1. The molecule has 0 fully saturated rings. The third kappa shape index (κ3) is 3.63. The number of rotatable bonds is 3. The van der Waals surface area contributed by atoms with Crippen LogP contribution in [0.25, 0.3) is 0 Å². The van der Waals surface area contributed by atoms with Crippen LogP contribution in [0.5, 0.6) is 0 Å². The van der Waals surface area contributed by atoms with Crippen LogP contribution in [0.3, 0.4) is 0 Å². The number of nitrogens with zero attached hydrogens (tertiary/aromatic N) is 1. The summed E-state index contributed by atoms with van der Waals surface area (Å²) in [7, 11) is 0. The lowest BCUT2D eigenvalue weighted by molar-refractivity contribution is -0.124. The molecule has 1 N–H and O–H groups in total. The van der Waals surface area contributed by atoms with E-state index in [1.807, 2.05) is 26.8 Å². The Balaban J connectivity index is 2.69. The molecule has 0 saturated carbocycles. The fourth-order valence-electron chi connectivity index (χ4n) is 1.13. The number of pyridine rings is 1. The van der Waals surface area contributed by atoms with Crippen LogP contribution < -0.4 is 5.32 Å². The van der Waals surface area contributed by atoms with E-state index in [-0.39, 0.29) is 17.9 Å². The first-order chi connectivity index (χ1) is 7.00. The Morgan fingerprint density at radius 3 is 2.60 bits per heavy atom. The number of carbonyl (C=O) groups excluding carboxylic acids is 1. The number of hydrogen-bond acceptors (Lipinski definition) is 2. The summed E-state index contributed by atoms with van der Waals surface area (Å²) in [5.74, 6) is 0.0648. The summed E-state index contributed by atoms with van der Waals surface area (Å²) in [6.45, 7) is 5.70. The second kappa shape index (κ2) is 5.26. The van der Waals surface area contributed by atoms with Gasteiger partial charge in [0.1, 0.15) is 0 Å². The summed E-state index contributed by atoms with van der Waals surface area (Å²) >= 11 is 3.35. The highest BCUT2D eigenvalue weighted by Gasteiger charge is 2.12. The van der Waals surface area contributed by atoms with Crippen molar-refractivity contribution in [2.45, 2.75) is 26.8 Å². The Kier molecular flexibility index (Phi) is 4.27. The van der Waals surface area contributed by atoms with Crippen LogP contribution in [0.2, 0.25) is 0 Å². The molecule has 1 aromatic rings. The number of aromatic nitrogens is 1. The van der Waals surface area contributed by atoms with Gasteiger partial charge in [0.25, 0.3) is 0 Å². The minimum Gasteiger partial charge on any atom is -0.349 e. The highest BCUT2D eigenvalue weighted by molar-refractivity contribution is 9.10. The standard InChI is InChI=1S/C11H15BrN2O/c1-7(2)11(15)14-8(3)9-4-10(12)6-13-5-9/h4-8H,1-3H3,(H,14,15). The summed E-state index contributed by atoms with van der Waals surface area (Å²) in [6.07, 6.45) is 3.48. The van der Waals surface area contributed by atoms with Gasteiger partial charge in [-0.15, -0.1) is 0 Å². The van der Waals surface area contributed by atoms with Crippen LogP contribution >= 0.6 is 15.9 Å². The molecular formula is C11H15BrN2O. The van der Waals surface area contributed by atoms with Crippen molar-refractivity contribution in [3.63, 3.8) is 0 Å². The maximum absolute atomic E-state index is 11.5. The van der Waals surface area contributed by atoms with Gasteiger partial charge in [-0.25, -0.2) is 0 Å². The van der Waals surface area contributed by atoms with E-state index in [1.54, 1.807) is 12.4 Å². The molecule has 0 bridgehead atoms. The van der Waals surface area contributed by atoms with E-state index in [1.165, 1.54) is 0 Å². The average molecular weight is 271 g/mol. The second-order valence-corrected chi connectivity index (χ2v) is 4.74. The largest absolute Gasteiger partial charge is 0.349 e. The maximum Gasteiger partial charge on any atom is 0.223 e. The zero-order valence-corrected chi connectivity index (χ0v) is 10.7. The molecule has 0 spiro atoms. The van der Waals surface area contributed by atoms with Crippen LogP contribution in [-0.4, -0.2) is 10.9 Å². The molecule has 4 heteroatoms. The normalized spacial score (nSPS) is 12.6. The van der Waals surface area contributed by atoms with Gasteiger partial charge in [-0.2, -0.15) is 0 Å². The first-order valence-corrected chi connectivity index (χ1v) is 5.71. The van der Waals surface area contributed by atoms with E-state index < -0.39 is 0 Å². The van der Waals surface area contributed by atoms with E-state index in [9.17, 15) is 4.79 Å². The molecule has 0 aliphatic rings. The molecule has 1 amide bonds. The molecule has 15 heavy (non-hydrogen) atoms. The zero-order valence-electron chi connectivity index (χ0n) is 9.12. The Morgan fingerprint density at radius 1 is 1.40 bits per heavy atom. The van der Waals surface area contributed by atoms with Crippen molar-refractivity contribution in [2.75, 3.05) is 0 Å². The van der Waals surface area contributed by atoms with Gasteiger partial charge in [0, 0.05) is 22.8 Å². The van der Waals surface area contributed by atoms with Gasteiger partial charge in [-0.05, 0) is 34.5 Å². The van der Waals surface area contributed by atoms with Gasteiger partial charge in [0.15, 0.2) is 0 Å². The fraction of sp³-hybridized carbons (Fsp3) is 0.455. The third-order valence-corrected chi connectivity index (χ3v) is 2.54. The minimum absolute atomic E-state index is 0.00700. The highest BCUT2D eigenvalue weighted by Crippen LogP contribution is 2.16. The molecule has 1 aromatic heterocycles. The second-order valence-electron chi connectivity index (χ2n) is 3.82. The molecule has 1 heterocycles. The predicted molar refractivity (Wildman–Crippen MR) is 63.3 cm³/mol. The molecule has 0 aliphatic carbocycles. The van der Waals surface area contributed by atoms with E-state index in [4.69, 9.17) is 0 Å².